The lowest BCUT2D eigenvalue weighted by Crippen LogP contribution is -2.33. The van der Waals surface area contributed by atoms with Gasteiger partial charge in [0.15, 0.2) is 6.61 Å². The minimum atomic E-state index is -0.648. The van der Waals surface area contributed by atoms with Gasteiger partial charge in [-0.3, -0.25) is 19.7 Å². The van der Waals surface area contributed by atoms with Crippen molar-refractivity contribution in [1.82, 2.24) is 5.32 Å². The van der Waals surface area contributed by atoms with Gasteiger partial charge in [-0.2, -0.15) is 0 Å². The van der Waals surface area contributed by atoms with Crippen LogP contribution in [-0.4, -0.2) is 24.4 Å². The molecule has 0 fully saturated rings. The largest absolute Gasteiger partial charge is 0.455 e. The van der Waals surface area contributed by atoms with Crippen molar-refractivity contribution in [3.05, 3.63) is 70.4 Å². The Morgan fingerprint density at radius 3 is 2.56 bits per heavy atom. The molecular formula is C19H15NO4S. The van der Waals surface area contributed by atoms with E-state index in [4.69, 9.17) is 4.74 Å². The topological polar surface area (TPSA) is 72.5 Å². The smallest absolute Gasteiger partial charge is 0.310 e. The molecular weight excluding hydrogens is 338 g/mol. The second-order valence-corrected chi connectivity index (χ2v) is 6.28. The monoisotopic (exact) mass is 353 g/mol. The summed E-state index contributed by atoms with van der Waals surface area (Å²) in [6.45, 7) is -0.485. The van der Waals surface area contributed by atoms with Crippen molar-refractivity contribution in [2.24, 2.45) is 0 Å². The Balaban J connectivity index is 1.54. The van der Waals surface area contributed by atoms with Gasteiger partial charge in [0.25, 0.3) is 11.8 Å². The number of ether oxygens (including phenoxy) is 1. The predicted octanol–water partition coefficient (Wildman–Crippen LogP) is 2.94. The van der Waals surface area contributed by atoms with Crippen LogP contribution in [-0.2, 0) is 20.7 Å². The zero-order valence-corrected chi connectivity index (χ0v) is 14.0. The summed E-state index contributed by atoms with van der Waals surface area (Å²) in [5.41, 5.74) is 0.832. The molecule has 5 nitrogen and oxygen atoms in total. The molecule has 1 N–H and O–H groups in total. The number of benzene rings is 2. The fraction of sp³-hybridized carbons (Fsp3) is 0.105. The Labute approximate surface area is 148 Å². The molecule has 3 rings (SSSR count). The lowest BCUT2D eigenvalue weighted by molar-refractivity contribution is -0.147. The number of nitrogens with one attached hydrogen (secondary N) is 1. The number of carbonyl (C=O) groups excluding carboxylic acids is 3. The zero-order valence-electron chi connectivity index (χ0n) is 13.2. The van der Waals surface area contributed by atoms with Crippen molar-refractivity contribution in [2.45, 2.75) is 6.42 Å². The maximum absolute atomic E-state index is 12.0. The molecule has 0 aliphatic heterocycles. The average molecular weight is 353 g/mol. The molecule has 6 heteroatoms. The van der Waals surface area contributed by atoms with Crippen molar-refractivity contribution in [3.63, 3.8) is 0 Å². The van der Waals surface area contributed by atoms with E-state index in [0.717, 1.165) is 16.3 Å². The summed E-state index contributed by atoms with van der Waals surface area (Å²) < 4.78 is 4.98. The highest BCUT2D eigenvalue weighted by atomic mass is 32.1. The van der Waals surface area contributed by atoms with Crippen molar-refractivity contribution < 1.29 is 19.1 Å². The molecule has 0 saturated heterocycles. The number of thiophene rings is 1. The van der Waals surface area contributed by atoms with E-state index in [1.165, 1.54) is 11.3 Å². The van der Waals surface area contributed by atoms with Crippen molar-refractivity contribution in [1.29, 1.82) is 0 Å². The minimum Gasteiger partial charge on any atom is -0.455 e. The van der Waals surface area contributed by atoms with Gasteiger partial charge in [-0.1, -0.05) is 48.5 Å². The van der Waals surface area contributed by atoms with Gasteiger partial charge >= 0.3 is 5.97 Å². The van der Waals surface area contributed by atoms with Crippen LogP contribution in [0.5, 0.6) is 0 Å². The Kier molecular flexibility index (Phi) is 5.20. The quantitative estimate of drug-likeness (QED) is 0.716. The van der Waals surface area contributed by atoms with Crippen molar-refractivity contribution in [3.8, 4) is 0 Å². The third-order valence-electron chi connectivity index (χ3n) is 3.58. The van der Waals surface area contributed by atoms with Crippen LogP contribution in [0, 0.1) is 0 Å². The molecule has 1 heterocycles. The second kappa shape index (κ2) is 7.72. The van der Waals surface area contributed by atoms with Crippen LogP contribution in [0.3, 0.4) is 0 Å². The molecule has 0 unspecified atom stereocenters. The first-order valence-corrected chi connectivity index (χ1v) is 8.51. The van der Waals surface area contributed by atoms with Crippen LogP contribution in [0.15, 0.2) is 60.0 Å². The number of amides is 2. The molecule has 0 atom stereocenters. The maximum Gasteiger partial charge on any atom is 0.310 e. The summed E-state index contributed by atoms with van der Waals surface area (Å²) in [7, 11) is 0. The van der Waals surface area contributed by atoms with Gasteiger partial charge in [0.1, 0.15) is 0 Å². The predicted molar refractivity (Wildman–Crippen MR) is 95.4 cm³/mol. The fourth-order valence-electron chi connectivity index (χ4n) is 2.43. The van der Waals surface area contributed by atoms with E-state index in [2.05, 4.69) is 5.32 Å². The first-order chi connectivity index (χ1) is 12.1. The van der Waals surface area contributed by atoms with E-state index >= 15 is 0 Å². The average Bonchev–Trinajstić information content (AvgIpc) is 3.15. The highest BCUT2D eigenvalue weighted by molar-refractivity contribution is 7.12. The number of fused-ring (bicyclic) bond motifs is 1. The van der Waals surface area contributed by atoms with Crippen LogP contribution in [0.1, 0.15) is 15.2 Å². The second-order valence-electron chi connectivity index (χ2n) is 5.33. The summed E-state index contributed by atoms with van der Waals surface area (Å²) in [6.07, 6.45) is 0.0630. The van der Waals surface area contributed by atoms with Crippen LogP contribution >= 0.6 is 11.3 Å². The normalized spacial score (nSPS) is 10.4. The molecule has 25 heavy (non-hydrogen) atoms. The summed E-state index contributed by atoms with van der Waals surface area (Å²) in [5, 5.41) is 5.93. The van der Waals surface area contributed by atoms with E-state index in [1.807, 2.05) is 42.5 Å². The number of carbonyl (C=O) groups is 3. The van der Waals surface area contributed by atoms with Gasteiger partial charge in [-0.25, -0.2) is 0 Å². The fourth-order valence-corrected chi connectivity index (χ4v) is 3.05. The molecule has 1 aromatic heterocycles. The number of hydrogen-bond donors (Lipinski definition) is 1. The lowest BCUT2D eigenvalue weighted by Gasteiger charge is -2.07. The van der Waals surface area contributed by atoms with Gasteiger partial charge in [-0.05, 0) is 27.8 Å². The van der Waals surface area contributed by atoms with Gasteiger partial charge in [0.2, 0.25) is 0 Å². The van der Waals surface area contributed by atoms with Gasteiger partial charge in [0, 0.05) is 0 Å². The maximum atomic E-state index is 12.0. The van der Waals surface area contributed by atoms with Gasteiger partial charge in [-0.15, -0.1) is 11.3 Å². The van der Waals surface area contributed by atoms with Crippen molar-refractivity contribution in [2.75, 3.05) is 6.61 Å². The van der Waals surface area contributed by atoms with Crippen molar-refractivity contribution >= 4 is 39.9 Å². The molecule has 0 aliphatic rings. The standard InChI is InChI=1S/C19H15NO4S/c21-17(20-19(23)16-9-4-10-25-16)12-24-18(22)11-14-7-3-6-13-5-1-2-8-15(13)14/h1-10H,11-12H2,(H,20,21,23). The Morgan fingerprint density at radius 2 is 1.76 bits per heavy atom. The van der Waals surface area contributed by atoms with E-state index in [0.29, 0.717) is 4.88 Å². The first-order valence-electron chi connectivity index (χ1n) is 7.63. The molecule has 126 valence electrons. The van der Waals surface area contributed by atoms with E-state index < -0.39 is 24.4 Å². The SMILES string of the molecule is O=C(COC(=O)Cc1cccc2ccccc12)NC(=O)c1cccs1. The summed E-state index contributed by atoms with van der Waals surface area (Å²) in [6, 6.07) is 16.8. The molecule has 3 aromatic rings. The zero-order chi connectivity index (χ0) is 17.6. The molecule has 0 saturated carbocycles. The Bertz CT molecular complexity index is 913. The minimum absolute atomic E-state index is 0.0630. The number of imide groups is 1. The molecule has 0 bridgehead atoms. The molecule has 0 aliphatic carbocycles. The third kappa shape index (κ3) is 4.30. The number of hydrogen-bond acceptors (Lipinski definition) is 5. The molecule has 2 amide bonds. The van der Waals surface area contributed by atoms with Crippen LogP contribution in [0.25, 0.3) is 10.8 Å². The van der Waals surface area contributed by atoms with E-state index in [9.17, 15) is 14.4 Å². The van der Waals surface area contributed by atoms with Crippen LogP contribution in [0.2, 0.25) is 0 Å². The Hall–Kier alpha value is -2.99. The number of esters is 1. The first kappa shape index (κ1) is 16.9. The van der Waals surface area contributed by atoms with Crippen LogP contribution < -0.4 is 5.32 Å². The summed E-state index contributed by atoms with van der Waals surface area (Å²) in [5.74, 6) is -1.66. The molecule has 2 aromatic carbocycles. The van der Waals surface area contributed by atoms with E-state index in [-0.39, 0.29) is 6.42 Å². The van der Waals surface area contributed by atoms with E-state index in [1.54, 1.807) is 17.5 Å². The highest BCUT2D eigenvalue weighted by Crippen LogP contribution is 2.19. The third-order valence-corrected chi connectivity index (χ3v) is 4.45. The highest BCUT2D eigenvalue weighted by Gasteiger charge is 2.14. The molecule has 0 spiro atoms. The van der Waals surface area contributed by atoms with Gasteiger partial charge < -0.3 is 4.74 Å². The lowest BCUT2D eigenvalue weighted by atomic mass is 10.0. The summed E-state index contributed by atoms with van der Waals surface area (Å²) >= 11 is 1.23. The summed E-state index contributed by atoms with van der Waals surface area (Å²) in [4.78, 5) is 35.9. The Morgan fingerprint density at radius 1 is 0.960 bits per heavy atom. The molecule has 0 radical (unpaired) electrons. The number of rotatable bonds is 5. The van der Waals surface area contributed by atoms with Gasteiger partial charge in [0.05, 0.1) is 11.3 Å². The van der Waals surface area contributed by atoms with Crippen LogP contribution in [0.4, 0.5) is 0 Å².